The monoisotopic (exact) mass is 459 g/mol. The van der Waals surface area contributed by atoms with Gasteiger partial charge >= 0.3 is 0 Å². The van der Waals surface area contributed by atoms with Gasteiger partial charge in [-0.1, -0.05) is 37.2 Å². The summed E-state index contributed by atoms with van der Waals surface area (Å²) in [7, 11) is 3.41. The first-order valence-electron chi connectivity index (χ1n) is 8.03. The fourth-order valence-electron chi connectivity index (χ4n) is 2.14. The van der Waals surface area contributed by atoms with Crippen molar-refractivity contribution in [3.8, 4) is 5.75 Å². The molecule has 0 bridgehead atoms. The highest BCUT2D eigenvalue weighted by molar-refractivity contribution is 14.0. The molecule has 0 spiro atoms. The lowest BCUT2D eigenvalue weighted by Crippen LogP contribution is -2.37. The number of nitrogens with one attached hydrogen (secondary N) is 2. The van der Waals surface area contributed by atoms with E-state index in [1.165, 1.54) is 0 Å². The van der Waals surface area contributed by atoms with E-state index in [-0.39, 0.29) is 29.9 Å². The lowest BCUT2D eigenvalue weighted by atomic mass is 10.2. The summed E-state index contributed by atoms with van der Waals surface area (Å²) in [6.07, 6.45) is 0.648. The highest BCUT2D eigenvalue weighted by Gasteiger charge is 2.09. The van der Waals surface area contributed by atoms with E-state index in [4.69, 9.17) is 9.26 Å². The molecule has 0 radical (unpaired) electrons. The first-order chi connectivity index (χ1) is 11.6. The van der Waals surface area contributed by atoms with E-state index in [0.717, 1.165) is 17.1 Å². The molecule has 1 heterocycles. The van der Waals surface area contributed by atoms with Gasteiger partial charge in [-0.25, -0.2) is 0 Å². The summed E-state index contributed by atoms with van der Waals surface area (Å²) < 4.78 is 10.6. The molecule has 1 aromatic carbocycles. The zero-order valence-corrected chi connectivity index (χ0v) is 17.4. The second-order valence-electron chi connectivity index (χ2n) is 5.62. The van der Waals surface area contributed by atoms with Gasteiger partial charge in [0.25, 0.3) is 0 Å². The summed E-state index contributed by atoms with van der Waals surface area (Å²) >= 11 is 0. The Morgan fingerprint density at radius 2 is 2.04 bits per heavy atom. The van der Waals surface area contributed by atoms with E-state index in [1.54, 1.807) is 14.2 Å². The summed E-state index contributed by atoms with van der Waals surface area (Å²) in [5.41, 5.74) is 1.07. The quantitative estimate of drug-likeness (QED) is 0.377. The van der Waals surface area contributed by atoms with Crippen molar-refractivity contribution in [2.45, 2.75) is 32.7 Å². The van der Waals surface area contributed by atoms with Crippen molar-refractivity contribution in [1.82, 2.24) is 20.8 Å². The van der Waals surface area contributed by atoms with Crippen LogP contribution in [0.5, 0.6) is 5.75 Å². The van der Waals surface area contributed by atoms with Crippen molar-refractivity contribution in [3.63, 3.8) is 0 Å². The molecular formula is C17H26IN5O2. The number of guanidine groups is 1. The van der Waals surface area contributed by atoms with E-state index in [9.17, 15) is 0 Å². The molecule has 0 saturated heterocycles. The standard InChI is InChI=1S/C17H25N5O2.HI/c1-12(2)16-21-15(24-22-16)9-10-19-17(18-3)20-11-13-7-5-6-8-14(13)23-4;/h5-8,12H,9-11H2,1-4H3,(H2,18,19,20);1H. The number of aromatic nitrogens is 2. The van der Waals surface area contributed by atoms with Crippen molar-refractivity contribution in [2.24, 2.45) is 4.99 Å². The van der Waals surface area contributed by atoms with E-state index in [1.807, 2.05) is 38.1 Å². The Hall–Kier alpha value is -1.84. The highest BCUT2D eigenvalue weighted by Crippen LogP contribution is 2.16. The van der Waals surface area contributed by atoms with Gasteiger partial charge in [-0.2, -0.15) is 4.98 Å². The molecule has 0 atom stereocenters. The molecule has 8 heteroatoms. The third kappa shape index (κ3) is 6.52. The normalized spacial score (nSPS) is 11.2. The minimum Gasteiger partial charge on any atom is -0.496 e. The molecule has 0 unspecified atom stereocenters. The first kappa shape index (κ1) is 21.2. The van der Waals surface area contributed by atoms with Crippen LogP contribution in [-0.4, -0.2) is 36.8 Å². The van der Waals surface area contributed by atoms with Crippen LogP contribution in [0.4, 0.5) is 0 Å². The predicted molar refractivity (Wildman–Crippen MR) is 109 cm³/mol. The van der Waals surface area contributed by atoms with Crippen LogP contribution in [0, 0.1) is 0 Å². The van der Waals surface area contributed by atoms with Gasteiger partial charge in [0.05, 0.1) is 7.11 Å². The van der Waals surface area contributed by atoms with Gasteiger partial charge in [0, 0.05) is 38.0 Å². The summed E-state index contributed by atoms with van der Waals surface area (Å²) in [5, 5.41) is 10.5. The van der Waals surface area contributed by atoms with Crippen molar-refractivity contribution in [1.29, 1.82) is 0 Å². The number of ether oxygens (including phenoxy) is 1. The maximum atomic E-state index is 5.34. The predicted octanol–water partition coefficient (Wildman–Crippen LogP) is 2.73. The molecule has 1 aromatic heterocycles. The van der Waals surface area contributed by atoms with E-state index < -0.39 is 0 Å². The molecular weight excluding hydrogens is 433 g/mol. The number of para-hydroxylation sites is 1. The number of hydrogen-bond donors (Lipinski definition) is 2. The fourth-order valence-corrected chi connectivity index (χ4v) is 2.14. The number of rotatable bonds is 7. The highest BCUT2D eigenvalue weighted by atomic mass is 127. The second-order valence-corrected chi connectivity index (χ2v) is 5.62. The Kier molecular flexibility index (Phi) is 9.25. The van der Waals surface area contributed by atoms with Crippen molar-refractivity contribution < 1.29 is 9.26 Å². The molecule has 25 heavy (non-hydrogen) atoms. The average Bonchev–Trinajstić information content (AvgIpc) is 3.07. The topological polar surface area (TPSA) is 84.6 Å². The van der Waals surface area contributed by atoms with Crippen molar-refractivity contribution in [3.05, 3.63) is 41.5 Å². The minimum absolute atomic E-state index is 0. The lowest BCUT2D eigenvalue weighted by molar-refractivity contribution is 0.371. The van der Waals surface area contributed by atoms with Gasteiger partial charge in [-0.3, -0.25) is 4.99 Å². The summed E-state index contributed by atoms with van der Waals surface area (Å²) in [4.78, 5) is 8.56. The van der Waals surface area contributed by atoms with Crippen LogP contribution in [0.25, 0.3) is 0 Å². The van der Waals surface area contributed by atoms with Crippen molar-refractivity contribution in [2.75, 3.05) is 20.7 Å². The summed E-state index contributed by atoms with van der Waals surface area (Å²) in [6.45, 7) is 5.36. The molecule has 0 aliphatic heterocycles. The lowest BCUT2D eigenvalue weighted by Gasteiger charge is -2.13. The SMILES string of the molecule is CN=C(NCCc1nc(C(C)C)no1)NCc1ccccc1OC.I. The van der Waals surface area contributed by atoms with Crippen LogP contribution in [-0.2, 0) is 13.0 Å². The van der Waals surface area contributed by atoms with E-state index in [2.05, 4.69) is 25.8 Å². The Morgan fingerprint density at radius 3 is 2.68 bits per heavy atom. The van der Waals surface area contributed by atoms with Gasteiger partial charge < -0.3 is 19.9 Å². The molecule has 0 amide bonds. The van der Waals surface area contributed by atoms with Crippen LogP contribution in [0.1, 0.15) is 37.0 Å². The molecule has 0 saturated carbocycles. The Bertz CT molecular complexity index is 673. The van der Waals surface area contributed by atoms with Gasteiger partial charge in [0.2, 0.25) is 5.89 Å². The van der Waals surface area contributed by atoms with E-state index in [0.29, 0.717) is 31.4 Å². The number of aliphatic imine (C=N–C) groups is 1. The van der Waals surface area contributed by atoms with E-state index >= 15 is 0 Å². The Labute approximate surface area is 165 Å². The van der Waals surface area contributed by atoms with Crippen LogP contribution < -0.4 is 15.4 Å². The molecule has 138 valence electrons. The maximum Gasteiger partial charge on any atom is 0.228 e. The minimum atomic E-state index is 0. The summed E-state index contributed by atoms with van der Waals surface area (Å²) in [6, 6.07) is 7.89. The van der Waals surface area contributed by atoms with Crippen molar-refractivity contribution >= 4 is 29.9 Å². The third-order valence-corrected chi connectivity index (χ3v) is 3.49. The molecule has 2 aromatic rings. The smallest absolute Gasteiger partial charge is 0.228 e. The molecule has 0 fully saturated rings. The zero-order valence-electron chi connectivity index (χ0n) is 15.1. The first-order valence-corrected chi connectivity index (χ1v) is 8.03. The number of benzene rings is 1. The Balaban J connectivity index is 0.00000312. The van der Waals surface area contributed by atoms with Gasteiger partial charge in [0.1, 0.15) is 5.75 Å². The number of methoxy groups -OCH3 is 1. The molecule has 2 rings (SSSR count). The Morgan fingerprint density at radius 1 is 1.28 bits per heavy atom. The third-order valence-electron chi connectivity index (χ3n) is 3.49. The number of nitrogens with zero attached hydrogens (tertiary/aromatic N) is 3. The number of hydrogen-bond acceptors (Lipinski definition) is 5. The largest absolute Gasteiger partial charge is 0.496 e. The van der Waals surface area contributed by atoms with Crippen LogP contribution in [0.2, 0.25) is 0 Å². The van der Waals surface area contributed by atoms with Crippen LogP contribution in [0.15, 0.2) is 33.8 Å². The summed E-state index contributed by atoms with van der Waals surface area (Å²) in [5.74, 6) is 3.21. The molecule has 0 aliphatic rings. The molecule has 0 aliphatic carbocycles. The average molecular weight is 459 g/mol. The van der Waals surface area contributed by atoms with Crippen LogP contribution in [0.3, 0.4) is 0 Å². The van der Waals surface area contributed by atoms with Gasteiger partial charge in [-0.15, -0.1) is 24.0 Å². The number of halogens is 1. The van der Waals surface area contributed by atoms with Gasteiger partial charge in [-0.05, 0) is 6.07 Å². The van der Waals surface area contributed by atoms with Crippen LogP contribution >= 0.6 is 24.0 Å². The fraction of sp³-hybridized carbons (Fsp3) is 0.471. The second kappa shape index (κ2) is 10.9. The molecule has 7 nitrogen and oxygen atoms in total. The zero-order chi connectivity index (χ0) is 17.4. The van der Waals surface area contributed by atoms with Gasteiger partial charge in [0.15, 0.2) is 11.8 Å². The maximum absolute atomic E-state index is 5.34. The molecule has 2 N–H and O–H groups in total.